The Kier molecular flexibility index (Phi) is 5.75. The lowest BCUT2D eigenvalue weighted by Crippen LogP contribution is -2.06. The van der Waals surface area contributed by atoms with Crippen molar-refractivity contribution in [1.82, 2.24) is 0 Å². The second-order valence-corrected chi connectivity index (χ2v) is 5.06. The summed E-state index contributed by atoms with van der Waals surface area (Å²) >= 11 is 5.88. The number of hydrogen-bond donors (Lipinski definition) is 1. The number of nitrogens with one attached hydrogen (secondary N) is 1. The zero-order chi connectivity index (χ0) is 17.7. The lowest BCUT2D eigenvalue weighted by atomic mass is 10.2. The van der Waals surface area contributed by atoms with Gasteiger partial charge >= 0.3 is 12.3 Å². The number of ether oxygens (including phenoxy) is 2. The van der Waals surface area contributed by atoms with Gasteiger partial charge in [0, 0.05) is 35.0 Å². The molecule has 0 fully saturated rings. The second kappa shape index (κ2) is 7.78. The highest BCUT2D eigenvalue weighted by Gasteiger charge is 2.19. The predicted octanol–water partition coefficient (Wildman–Crippen LogP) is 4.47. The number of anilines is 1. The topological polar surface area (TPSA) is 73.6 Å². The fourth-order valence-corrected chi connectivity index (χ4v) is 2.19. The molecule has 9 heteroatoms. The van der Waals surface area contributed by atoms with E-state index in [4.69, 9.17) is 16.3 Å². The van der Waals surface area contributed by atoms with Gasteiger partial charge < -0.3 is 14.8 Å². The maximum Gasteiger partial charge on any atom is 0.387 e. The van der Waals surface area contributed by atoms with Crippen LogP contribution in [0.15, 0.2) is 36.4 Å². The van der Waals surface area contributed by atoms with Crippen LogP contribution in [-0.4, -0.2) is 18.6 Å². The molecule has 2 aromatic carbocycles. The summed E-state index contributed by atoms with van der Waals surface area (Å²) in [4.78, 5) is 10.1. The van der Waals surface area contributed by atoms with Gasteiger partial charge in [-0.3, -0.25) is 10.1 Å². The van der Waals surface area contributed by atoms with Gasteiger partial charge in [0.05, 0.1) is 12.0 Å². The Hall–Kier alpha value is -2.61. The molecule has 24 heavy (non-hydrogen) atoms. The molecule has 0 atom stereocenters. The smallest absolute Gasteiger partial charge is 0.387 e. The summed E-state index contributed by atoms with van der Waals surface area (Å²) in [6, 6.07) is 8.71. The molecule has 0 aliphatic heterocycles. The summed E-state index contributed by atoms with van der Waals surface area (Å²) < 4.78 is 34.2. The lowest BCUT2D eigenvalue weighted by molar-refractivity contribution is -0.386. The second-order valence-electron chi connectivity index (χ2n) is 4.63. The molecule has 0 aliphatic carbocycles. The molecule has 0 amide bonds. The zero-order valence-corrected chi connectivity index (χ0v) is 13.2. The first-order chi connectivity index (χ1) is 11.4. The van der Waals surface area contributed by atoms with E-state index in [2.05, 4.69) is 10.1 Å². The van der Waals surface area contributed by atoms with E-state index in [9.17, 15) is 18.9 Å². The molecule has 0 unspecified atom stereocenters. The molecule has 2 rings (SSSR count). The summed E-state index contributed by atoms with van der Waals surface area (Å²) in [5.41, 5.74) is 0.620. The van der Waals surface area contributed by atoms with Crippen LogP contribution in [0.1, 0.15) is 5.56 Å². The molecule has 0 saturated carbocycles. The van der Waals surface area contributed by atoms with Gasteiger partial charge in [-0.1, -0.05) is 17.7 Å². The summed E-state index contributed by atoms with van der Waals surface area (Å²) in [7, 11) is 1.50. The Bertz CT molecular complexity index is 743. The summed E-state index contributed by atoms with van der Waals surface area (Å²) in [6.45, 7) is -2.86. The van der Waals surface area contributed by atoms with Crippen LogP contribution < -0.4 is 14.8 Å². The van der Waals surface area contributed by atoms with E-state index in [1.165, 1.54) is 13.2 Å². The van der Waals surface area contributed by atoms with Crippen molar-refractivity contribution in [2.45, 2.75) is 13.2 Å². The van der Waals surface area contributed by atoms with Gasteiger partial charge in [0.2, 0.25) is 5.75 Å². The van der Waals surface area contributed by atoms with Crippen LogP contribution in [0.3, 0.4) is 0 Å². The van der Waals surface area contributed by atoms with Gasteiger partial charge in [-0.15, -0.1) is 0 Å². The molecule has 1 N–H and O–H groups in total. The molecule has 128 valence electrons. The predicted molar refractivity (Wildman–Crippen MR) is 85.1 cm³/mol. The summed E-state index contributed by atoms with van der Waals surface area (Å²) in [5, 5.41) is 14.3. The standard InChI is InChI=1S/C15H13ClF2N2O4/c1-23-13-6-10(16)3-2-9(13)8-19-11-4-5-12(20(21)22)14(7-11)24-15(17)18/h2-7,15,19H,8H2,1H3. The van der Waals surface area contributed by atoms with E-state index in [1.54, 1.807) is 18.2 Å². The van der Waals surface area contributed by atoms with Crippen molar-refractivity contribution in [3.8, 4) is 11.5 Å². The zero-order valence-electron chi connectivity index (χ0n) is 12.5. The van der Waals surface area contributed by atoms with E-state index in [1.807, 2.05) is 0 Å². The number of rotatable bonds is 7. The third kappa shape index (κ3) is 4.45. The van der Waals surface area contributed by atoms with Crippen molar-refractivity contribution < 1.29 is 23.2 Å². The molecule has 0 bridgehead atoms. The number of benzene rings is 2. The fourth-order valence-electron chi connectivity index (χ4n) is 2.03. The van der Waals surface area contributed by atoms with Gasteiger partial charge in [0.25, 0.3) is 0 Å². The third-order valence-corrected chi connectivity index (χ3v) is 3.34. The molecule has 2 aromatic rings. The molecular formula is C15H13ClF2N2O4. The summed E-state index contributed by atoms with van der Waals surface area (Å²) in [5.74, 6) is 0.0454. The van der Waals surface area contributed by atoms with Crippen LogP contribution in [0.2, 0.25) is 5.02 Å². The number of hydrogen-bond acceptors (Lipinski definition) is 5. The van der Waals surface area contributed by atoms with Crippen molar-refractivity contribution in [3.63, 3.8) is 0 Å². The van der Waals surface area contributed by atoms with E-state index >= 15 is 0 Å². The van der Waals surface area contributed by atoms with Crippen molar-refractivity contribution in [3.05, 3.63) is 57.1 Å². The number of nitro groups is 1. The maximum absolute atomic E-state index is 12.4. The Morgan fingerprint density at radius 3 is 2.62 bits per heavy atom. The van der Waals surface area contributed by atoms with Crippen molar-refractivity contribution in [2.75, 3.05) is 12.4 Å². The molecule has 0 aliphatic rings. The van der Waals surface area contributed by atoms with Gasteiger partial charge in [-0.2, -0.15) is 8.78 Å². The molecule has 0 radical (unpaired) electrons. The van der Waals surface area contributed by atoms with Crippen LogP contribution in [0.4, 0.5) is 20.2 Å². The van der Waals surface area contributed by atoms with Crippen LogP contribution in [-0.2, 0) is 6.54 Å². The van der Waals surface area contributed by atoms with E-state index in [-0.39, 0.29) is 0 Å². The number of halogens is 3. The van der Waals surface area contributed by atoms with Gasteiger partial charge in [0.15, 0.2) is 0 Å². The number of nitro benzene ring substituents is 1. The highest BCUT2D eigenvalue weighted by atomic mass is 35.5. The van der Waals surface area contributed by atoms with Crippen LogP contribution in [0.5, 0.6) is 11.5 Å². The third-order valence-electron chi connectivity index (χ3n) is 3.10. The van der Waals surface area contributed by atoms with Crippen molar-refractivity contribution in [2.24, 2.45) is 0 Å². The van der Waals surface area contributed by atoms with E-state index in [0.717, 1.165) is 17.7 Å². The molecule has 0 heterocycles. The monoisotopic (exact) mass is 358 g/mol. The number of methoxy groups -OCH3 is 1. The van der Waals surface area contributed by atoms with E-state index < -0.39 is 23.0 Å². The number of alkyl halides is 2. The van der Waals surface area contributed by atoms with Crippen LogP contribution in [0.25, 0.3) is 0 Å². The highest BCUT2D eigenvalue weighted by molar-refractivity contribution is 6.30. The van der Waals surface area contributed by atoms with Gasteiger partial charge in [-0.05, 0) is 18.2 Å². The largest absolute Gasteiger partial charge is 0.496 e. The molecule has 6 nitrogen and oxygen atoms in total. The van der Waals surface area contributed by atoms with E-state index in [0.29, 0.717) is 23.0 Å². The first-order valence-corrected chi connectivity index (χ1v) is 7.08. The maximum atomic E-state index is 12.4. The first kappa shape index (κ1) is 17.7. The minimum Gasteiger partial charge on any atom is -0.496 e. The SMILES string of the molecule is COc1cc(Cl)ccc1CNc1ccc([N+](=O)[O-])c(OC(F)F)c1. The Morgan fingerprint density at radius 1 is 1.25 bits per heavy atom. The van der Waals surface area contributed by atoms with Crippen LogP contribution >= 0.6 is 11.6 Å². The van der Waals surface area contributed by atoms with Crippen molar-refractivity contribution in [1.29, 1.82) is 0 Å². The molecular weight excluding hydrogens is 346 g/mol. The average Bonchev–Trinajstić information content (AvgIpc) is 2.52. The normalized spacial score (nSPS) is 10.5. The molecule has 0 aromatic heterocycles. The van der Waals surface area contributed by atoms with Gasteiger partial charge in [0.1, 0.15) is 5.75 Å². The fraction of sp³-hybridized carbons (Fsp3) is 0.200. The Morgan fingerprint density at radius 2 is 2.00 bits per heavy atom. The Balaban J connectivity index is 2.19. The lowest BCUT2D eigenvalue weighted by Gasteiger charge is -2.12. The van der Waals surface area contributed by atoms with Gasteiger partial charge in [-0.25, -0.2) is 0 Å². The highest BCUT2D eigenvalue weighted by Crippen LogP contribution is 2.32. The minimum absolute atomic E-state index is 0.298. The van der Waals surface area contributed by atoms with Crippen LogP contribution in [0, 0.1) is 10.1 Å². The van der Waals surface area contributed by atoms with Crippen molar-refractivity contribution >= 4 is 23.0 Å². The number of nitrogens with zero attached hydrogens (tertiary/aromatic N) is 1. The summed E-state index contributed by atoms with van der Waals surface area (Å²) in [6.07, 6.45) is 0. The molecule has 0 saturated heterocycles. The minimum atomic E-state index is -3.16. The quantitative estimate of drug-likeness (QED) is 0.584. The Labute approximate surface area is 141 Å². The first-order valence-electron chi connectivity index (χ1n) is 6.70. The molecule has 0 spiro atoms. The average molecular weight is 359 g/mol.